The first-order valence-corrected chi connectivity index (χ1v) is 8.38. The first-order valence-electron chi connectivity index (χ1n) is 8.38. The molecule has 1 unspecified atom stereocenters. The van der Waals surface area contributed by atoms with Gasteiger partial charge in [0.05, 0.1) is 18.8 Å². The van der Waals surface area contributed by atoms with Crippen LogP contribution in [0.3, 0.4) is 0 Å². The summed E-state index contributed by atoms with van der Waals surface area (Å²) in [5, 5.41) is 5.39. The summed E-state index contributed by atoms with van der Waals surface area (Å²) in [6, 6.07) is 12.6. The molecule has 138 valence electrons. The molecule has 2 rings (SSSR count). The number of methoxy groups -OCH3 is 1. The molecule has 2 N–H and O–H groups in total. The van der Waals surface area contributed by atoms with Crippen molar-refractivity contribution in [3.05, 3.63) is 59.2 Å². The van der Waals surface area contributed by atoms with E-state index in [1.807, 2.05) is 38.1 Å². The van der Waals surface area contributed by atoms with Gasteiger partial charge in [0.1, 0.15) is 5.75 Å². The molecule has 0 bridgehead atoms. The predicted octanol–water partition coefficient (Wildman–Crippen LogP) is 3.59. The van der Waals surface area contributed by atoms with Gasteiger partial charge < -0.3 is 20.3 Å². The Morgan fingerprint density at radius 2 is 1.77 bits per heavy atom. The highest BCUT2D eigenvalue weighted by molar-refractivity contribution is 5.97. The van der Waals surface area contributed by atoms with Crippen LogP contribution in [-0.2, 0) is 0 Å². The van der Waals surface area contributed by atoms with E-state index in [1.165, 1.54) is 12.7 Å². The largest absolute Gasteiger partial charge is 0.495 e. The normalized spacial score (nSPS) is 11.4. The summed E-state index contributed by atoms with van der Waals surface area (Å²) < 4.78 is 5.29. The van der Waals surface area contributed by atoms with Crippen molar-refractivity contribution in [3.8, 4) is 5.75 Å². The lowest BCUT2D eigenvalue weighted by Crippen LogP contribution is -2.33. The van der Waals surface area contributed by atoms with E-state index in [4.69, 9.17) is 4.74 Å². The number of urea groups is 1. The van der Waals surface area contributed by atoms with Crippen LogP contribution < -0.4 is 15.4 Å². The second-order valence-electron chi connectivity index (χ2n) is 6.12. The number of ether oxygens (including phenoxy) is 1. The molecule has 6 heteroatoms. The van der Waals surface area contributed by atoms with E-state index in [1.54, 1.807) is 37.2 Å². The Bertz CT molecular complexity index is 787. The van der Waals surface area contributed by atoms with Crippen LogP contribution >= 0.6 is 0 Å². The van der Waals surface area contributed by atoms with Gasteiger partial charge in [0.2, 0.25) is 0 Å². The molecule has 0 aliphatic heterocycles. The van der Waals surface area contributed by atoms with Gasteiger partial charge >= 0.3 is 6.03 Å². The van der Waals surface area contributed by atoms with Gasteiger partial charge in [-0.05, 0) is 37.6 Å². The number of hydrogen-bond acceptors (Lipinski definition) is 3. The SMILES string of the molecule is CNC(=O)c1ccc(OC)c(NC(=O)N(C)C(C)c2ccc(C)cc2)c1. The van der Waals surface area contributed by atoms with Crippen LogP contribution in [0.4, 0.5) is 10.5 Å². The third-order valence-electron chi connectivity index (χ3n) is 4.39. The molecule has 0 spiro atoms. The summed E-state index contributed by atoms with van der Waals surface area (Å²) >= 11 is 0. The fourth-order valence-corrected chi connectivity index (χ4v) is 2.54. The maximum atomic E-state index is 12.7. The van der Waals surface area contributed by atoms with E-state index >= 15 is 0 Å². The van der Waals surface area contributed by atoms with Crippen molar-refractivity contribution in [2.75, 3.05) is 26.5 Å². The van der Waals surface area contributed by atoms with Crippen molar-refractivity contribution in [2.45, 2.75) is 19.9 Å². The Labute approximate surface area is 154 Å². The zero-order valence-corrected chi connectivity index (χ0v) is 15.8. The van der Waals surface area contributed by atoms with Crippen molar-refractivity contribution in [2.24, 2.45) is 0 Å². The smallest absolute Gasteiger partial charge is 0.322 e. The predicted molar refractivity (Wildman–Crippen MR) is 103 cm³/mol. The van der Waals surface area contributed by atoms with Gasteiger partial charge in [-0.1, -0.05) is 29.8 Å². The van der Waals surface area contributed by atoms with Crippen LogP contribution in [0.1, 0.15) is 34.5 Å². The second kappa shape index (κ2) is 8.38. The molecule has 6 nitrogen and oxygen atoms in total. The highest BCUT2D eigenvalue weighted by atomic mass is 16.5. The summed E-state index contributed by atoms with van der Waals surface area (Å²) in [4.78, 5) is 26.1. The molecule has 26 heavy (non-hydrogen) atoms. The van der Waals surface area contributed by atoms with Crippen molar-refractivity contribution in [1.29, 1.82) is 0 Å². The minimum atomic E-state index is -0.287. The number of rotatable bonds is 5. The molecule has 0 saturated carbocycles. The van der Waals surface area contributed by atoms with Gasteiger partial charge in [-0.2, -0.15) is 0 Å². The molecular formula is C20H25N3O3. The lowest BCUT2D eigenvalue weighted by atomic mass is 10.1. The highest BCUT2D eigenvalue weighted by Crippen LogP contribution is 2.27. The van der Waals surface area contributed by atoms with Gasteiger partial charge in [0.15, 0.2) is 0 Å². The number of benzene rings is 2. The fraction of sp³-hybridized carbons (Fsp3) is 0.300. The molecule has 0 heterocycles. The fourth-order valence-electron chi connectivity index (χ4n) is 2.54. The van der Waals surface area contributed by atoms with Gasteiger partial charge in [-0.3, -0.25) is 4.79 Å². The Hall–Kier alpha value is -3.02. The quantitative estimate of drug-likeness (QED) is 0.861. The Kier molecular flexibility index (Phi) is 6.22. The number of carbonyl (C=O) groups is 2. The number of carbonyl (C=O) groups excluding carboxylic acids is 2. The first kappa shape index (κ1) is 19.3. The molecule has 0 fully saturated rings. The highest BCUT2D eigenvalue weighted by Gasteiger charge is 2.19. The number of amides is 3. The number of nitrogens with one attached hydrogen (secondary N) is 2. The average molecular weight is 355 g/mol. The van der Waals surface area contributed by atoms with E-state index in [-0.39, 0.29) is 18.0 Å². The summed E-state index contributed by atoms with van der Waals surface area (Å²) in [5.41, 5.74) is 3.10. The molecule has 1 atom stereocenters. The maximum Gasteiger partial charge on any atom is 0.322 e. The topological polar surface area (TPSA) is 70.7 Å². The van der Waals surface area contributed by atoms with Crippen LogP contribution in [0, 0.1) is 6.92 Å². The first-order chi connectivity index (χ1) is 12.4. The van der Waals surface area contributed by atoms with E-state index in [0.29, 0.717) is 17.0 Å². The molecule has 2 aromatic carbocycles. The lowest BCUT2D eigenvalue weighted by molar-refractivity contribution is 0.0963. The van der Waals surface area contributed by atoms with Gasteiger partial charge in [-0.15, -0.1) is 0 Å². The standard InChI is InChI=1S/C20H25N3O3/c1-13-6-8-15(9-7-13)14(2)23(4)20(25)22-17-12-16(19(24)21-3)10-11-18(17)26-5/h6-12,14H,1-5H3,(H,21,24)(H,22,25). The Morgan fingerprint density at radius 1 is 1.12 bits per heavy atom. The van der Waals surface area contributed by atoms with Crippen LogP contribution in [0.2, 0.25) is 0 Å². The van der Waals surface area contributed by atoms with Crippen molar-refractivity contribution in [3.63, 3.8) is 0 Å². The average Bonchev–Trinajstić information content (AvgIpc) is 2.66. The van der Waals surface area contributed by atoms with Crippen molar-refractivity contribution < 1.29 is 14.3 Å². The molecule has 0 aliphatic carbocycles. The van der Waals surface area contributed by atoms with E-state index < -0.39 is 0 Å². The molecular weight excluding hydrogens is 330 g/mol. The van der Waals surface area contributed by atoms with Crippen molar-refractivity contribution in [1.82, 2.24) is 10.2 Å². The number of hydrogen-bond donors (Lipinski definition) is 2. The maximum absolute atomic E-state index is 12.7. The van der Waals surface area contributed by atoms with E-state index in [2.05, 4.69) is 10.6 Å². The van der Waals surface area contributed by atoms with Gasteiger partial charge in [0, 0.05) is 19.7 Å². The van der Waals surface area contributed by atoms with Gasteiger partial charge in [-0.25, -0.2) is 4.79 Å². The molecule has 2 aromatic rings. The van der Waals surface area contributed by atoms with Crippen LogP contribution in [0.5, 0.6) is 5.75 Å². The number of nitrogens with zero attached hydrogens (tertiary/aromatic N) is 1. The number of anilines is 1. The van der Waals surface area contributed by atoms with Crippen LogP contribution in [0.25, 0.3) is 0 Å². The lowest BCUT2D eigenvalue weighted by Gasteiger charge is -2.26. The summed E-state index contributed by atoms with van der Waals surface area (Å²) in [6.07, 6.45) is 0. The number of aryl methyl sites for hydroxylation is 1. The zero-order valence-electron chi connectivity index (χ0n) is 15.8. The molecule has 0 aliphatic rings. The molecule has 0 radical (unpaired) electrons. The molecule has 0 saturated heterocycles. The van der Waals surface area contributed by atoms with E-state index in [0.717, 1.165) is 5.56 Å². The summed E-state index contributed by atoms with van der Waals surface area (Å²) in [5.74, 6) is 0.256. The van der Waals surface area contributed by atoms with Crippen LogP contribution in [-0.4, -0.2) is 38.0 Å². The minimum Gasteiger partial charge on any atom is -0.495 e. The third-order valence-corrected chi connectivity index (χ3v) is 4.39. The Balaban J connectivity index is 2.19. The van der Waals surface area contributed by atoms with E-state index in [9.17, 15) is 9.59 Å². The van der Waals surface area contributed by atoms with Crippen LogP contribution in [0.15, 0.2) is 42.5 Å². The summed E-state index contributed by atoms with van der Waals surface area (Å²) in [6.45, 7) is 3.99. The second-order valence-corrected chi connectivity index (χ2v) is 6.12. The third kappa shape index (κ3) is 4.33. The molecule has 0 aromatic heterocycles. The Morgan fingerprint density at radius 3 is 2.35 bits per heavy atom. The van der Waals surface area contributed by atoms with Gasteiger partial charge in [0.25, 0.3) is 5.91 Å². The molecule has 3 amide bonds. The monoisotopic (exact) mass is 355 g/mol. The summed E-state index contributed by atoms with van der Waals surface area (Å²) in [7, 11) is 4.81. The zero-order chi connectivity index (χ0) is 19.3. The van der Waals surface area contributed by atoms with Crippen molar-refractivity contribution >= 4 is 17.6 Å². The minimum absolute atomic E-state index is 0.108.